The van der Waals surface area contributed by atoms with E-state index in [9.17, 15) is 9.47 Å². The van der Waals surface area contributed by atoms with E-state index >= 15 is 0 Å². The van der Waals surface area contributed by atoms with Crippen LogP contribution in [0.5, 0.6) is 5.75 Å². The molecule has 1 aliphatic rings. The van der Waals surface area contributed by atoms with Crippen molar-refractivity contribution in [3.8, 4) is 11.8 Å². The summed E-state index contributed by atoms with van der Waals surface area (Å²) >= 11 is 0. The van der Waals surface area contributed by atoms with Crippen molar-refractivity contribution >= 4 is 27.4 Å². The highest BCUT2D eigenvalue weighted by molar-refractivity contribution is 7.92. The first-order valence-corrected chi connectivity index (χ1v) is 9.24. The van der Waals surface area contributed by atoms with Crippen LogP contribution in [0.15, 0.2) is 21.5 Å². The third-order valence-corrected chi connectivity index (χ3v) is 3.40. The van der Waals surface area contributed by atoms with E-state index in [1.54, 1.807) is 35.9 Å². The van der Waals surface area contributed by atoms with Gasteiger partial charge >= 0.3 is 0 Å². The Morgan fingerprint density at radius 2 is 2.09 bits per heavy atom. The molecule has 1 aromatic carbocycles. The highest BCUT2D eigenvalue weighted by Crippen LogP contribution is 2.37. The van der Waals surface area contributed by atoms with Crippen LogP contribution in [0.1, 0.15) is 18.4 Å². The molecule has 0 aliphatic heterocycles. The van der Waals surface area contributed by atoms with E-state index in [-0.39, 0.29) is 6.10 Å². The monoisotopic (exact) mass is 320 g/mol. The maximum Gasteiger partial charge on any atom is 0.141 e. The summed E-state index contributed by atoms with van der Waals surface area (Å²) in [6.07, 6.45) is 6.86. The Morgan fingerprint density at radius 1 is 1.41 bits per heavy atom. The first kappa shape index (κ1) is 16.3. The van der Waals surface area contributed by atoms with Crippen molar-refractivity contribution in [2.45, 2.75) is 18.9 Å². The van der Waals surface area contributed by atoms with E-state index in [0.29, 0.717) is 22.7 Å². The molecule has 22 heavy (non-hydrogen) atoms. The summed E-state index contributed by atoms with van der Waals surface area (Å²) in [5.41, 5.74) is 1.36. The van der Waals surface area contributed by atoms with Crippen LogP contribution in [0.25, 0.3) is 0 Å². The number of ether oxygens (including phenoxy) is 1. The predicted octanol–water partition coefficient (Wildman–Crippen LogP) is 2.68. The Balaban J connectivity index is 2.55. The van der Waals surface area contributed by atoms with E-state index in [0.717, 1.165) is 12.8 Å². The Hall–Kier alpha value is -2.07. The summed E-state index contributed by atoms with van der Waals surface area (Å²) in [7, 11) is 1.39. The Kier molecular flexibility index (Phi) is 4.71. The van der Waals surface area contributed by atoms with Gasteiger partial charge < -0.3 is 9.64 Å². The number of aliphatic imine (C=N–C) groups is 1. The smallest absolute Gasteiger partial charge is 0.141 e. The molecule has 1 aromatic rings. The van der Waals surface area contributed by atoms with E-state index in [4.69, 9.17) is 4.74 Å². The first-order valence-electron chi connectivity index (χ1n) is 6.91. The summed E-state index contributed by atoms with van der Waals surface area (Å²) in [6, 6.07) is 5.46. The van der Waals surface area contributed by atoms with Gasteiger partial charge in [-0.15, -0.1) is 0 Å². The second-order valence-electron chi connectivity index (χ2n) is 5.75. The summed E-state index contributed by atoms with van der Waals surface area (Å²) in [5, 5.41) is 9.42. The van der Waals surface area contributed by atoms with Gasteiger partial charge in [0.1, 0.15) is 17.4 Å². The Morgan fingerprint density at radius 3 is 2.59 bits per heavy atom. The van der Waals surface area contributed by atoms with Crippen LogP contribution in [0, 0.1) is 11.3 Å². The van der Waals surface area contributed by atoms with Crippen LogP contribution < -0.4 is 4.74 Å². The molecule has 0 radical (unpaired) electrons. The van der Waals surface area contributed by atoms with Gasteiger partial charge in [-0.05, 0) is 18.9 Å². The van der Waals surface area contributed by atoms with Crippen LogP contribution in [0.4, 0.5) is 11.4 Å². The number of nitriles is 1. The fourth-order valence-corrected chi connectivity index (χ4v) is 2.36. The number of nitrogens with zero attached hydrogens (tertiary/aromatic N) is 4. The lowest BCUT2D eigenvalue weighted by atomic mass is 10.1. The van der Waals surface area contributed by atoms with Gasteiger partial charge in [0.15, 0.2) is 0 Å². The van der Waals surface area contributed by atoms with Gasteiger partial charge in [-0.25, -0.2) is 9.20 Å². The number of benzene rings is 1. The van der Waals surface area contributed by atoms with E-state index < -0.39 is 9.73 Å². The molecule has 2 rings (SSSR count). The SMILES string of the molecule is CN(C)C=Nc1cc(N=S(C)(C)=O)cc(OC2CC2)c1C#N. The lowest BCUT2D eigenvalue weighted by Gasteiger charge is -2.11. The fourth-order valence-electron chi connectivity index (χ4n) is 1.74. The van der Waals surface area contributed by atoms with E-state index in [2.05, 4.69) is 15.4 Å². The molecule has 1 fully saturated rings. The second-order valence-corrected chi connectivity index (χ2v) is 8.29. The van der Waals surface area contributed by atoms with Gasteiger partial charge in [0.2, 0.25) is 0 Å². The minimum Gasteiger partial charge on any atom is -0.489 e. The molecular formula is C15H20N4O2S. The molecule has 1 saturated carbocycles. The predicted molar refractivity (Wildman–Crippen MR) is 88.7 cm³/mol. The van der Waals surface area contributed by atoms with Crippen LogP contribution in [0.3, 0.4) is 0 Å². The molecule has 118 valence electrons. The molecule has 0 bridgehead atoms. The van der Waals surface area contributed by atoms with Crippen LogP contribution in [-0.2, 0) is 9.73 Å². The summed E-state index contributed by atoms with van der Waals surface area (Å²) in [5.74, 6) is 0.459. The van der Waals surface area contributed by atoms with Crippen molar-refractivity contribution in [2.75, 3.05) is 26.6 Å². The minimum atomic E-state index is -2.30. The average molecular weight is 320 g/mol. The van der Waals surface area contributed by atoms with Crippen LogP contribution >= 0.6 is 0 Å². The maximum atomic E-state index is 11.9. The highest BCUT2D eigenvalue weighted by atomic mass is 32.2. The van der Waals surface area contributed by atoms with Crippen molar-refractivity contribution in [1.82, 2.24) is 4.90 Å². The molecule has 0 aromatic heterocycles. The quantitative estimate of drug-likeness (QED) is 0.617. The minimum absolute atomic E-state index is 0.153. The topological polar surface area (TPSA) is 78.1 Å². The van der Waals surface area contributed by atoms with Gasteiger partial charge in [0.25, 0.3) is 0 Å². The Bertz CT molecular complexity index is 744. The van der Waals surface area contributed by atoms with Gasteiger partial charge in [-0.3, -0.25) is 0 Å². The van der Waals surface area contributed by atoms with Crippen molar-refractivity contribution in [3.63, 3.8) is 0 Å². The largest absolute Gasteiger partial charge is 0.489 e. The van der Waals surface area contributed by atoms with Crippen molar-refractivity contribution < 1.29 is 8.95 Å². The summed E-state index contributed by atoms with van der Waals surface area (Å²) in [4.78, 5) is 6.07. The standard InChI is InChI=1S/C15H20N4O2S/c1-19(2)10-17-14-7-11(18-22(3,4)20)8-15(13(14)9-16)21-12-5-6-12/h7-8,10,12H,5-6H2,1-4H3. The molecule has 0 amide bonds. The van der Waals surface area contributed by atoms with Gasteiger partial charge in [-0.2, -0.15) is 9.62 Å². The van der Waals surface area contributed by atoms with Crippen molar-refractivity contribution in [1.29, 1.82) is 5.26 Å². The van der Waals surface area contributed by atoms with Crippen LogP contribution in [0.2, 0.25) is 0 Å². The molecule has 1 aliphatic carbocycles. The summed E-state index contributed by atoms with van der Waals surface area (Å²) < 4.78 is 21.9. The first-order chi connectivity index (χ1) is 10.3. The van der Waals surface area contributed by atoms with E-state index in [1.807, 2.05) is 14.1 Å². The van der Waals surface area contributed by atoms with Gasteiger partial charge in [0.05, 0.1) is 23.8 Å². The zero-order chi connectivity index (χ0) is 16.3. The molecular weight excluding hydrogens is 300 g/mol. The molecule has 0 heterocycles. The van der Waals surface area contributed by atoms with Crippen molar-refractivity contribution in [2.24, 2.45) is 9.36 Å². The number of hydrogen-bond donors (Lipinski definition) is 0. The normalized spacial score (nSPS) is 14.7. The fraction of sp³-hybridized carbons (Fsp3) is 0.467. The van der Waals surface area contributed by atoms with Crippen LogP contribution in [-0.4, -0.2) is 48.2 Å². The molecule has 0 unspecified atom stereocenters. The van der Waals surface area contributed by atoms with Gasteiger partial charge in [-0.1, -0.05) is 0 Å². The Labute approximate surface area is 131 Å². The molecule has 0 atom stereocenters. The average Bonchev–Trinajstić information content (AvgIpc) is 3.18. The molecule has 7 heteroatoms. The molecule has 0 saturated heterocycles. The maximum absolute atomic E-state index is 11.9. The van der Waals surface area contributed by atoms with E-state index in [1.165, 1.54) is 0 Å². The van der Waals surface area contributed by atoms with Crippen molar-refractivity contribution in [3.05, 3.63) is 17.7 Å². The third kappa shape index (κ3) is 4.74. The molecule has 0 spiro atoms. The lowest BCUT2D eigenvalue weighted by molar-refractivity contribution is 0.302. The molecule has 0 N–H and O–H groups in total. The highest BCUT2D eigenvalue weighted by Gasteiger charge is 2.25. The zero-order valence-electron chi connectivity index (χ0n) is 13.2. The summed E-state index contributed by atoms with van der Waals surface area (Å²) in [6.45, 7) is 0. The number of rotatable bonds is 5. The third-order valence-electron chi connectivity index (χ3n) is 2.75. The number of hydrogen-bond acceptors (Lipinski definition) is 5. The zero-order valence-corrected chi connectivity index (χ0v) is 14.1. The molecule has 6 nitrogen and oxygen atoms in total. The van der Waals surface area contributed by atoms with Gasteiger partial charge in [0, 0.05) is 42.4 Å². The lowest BCUT2D eigenvalue weighted by Crippen LogP contribution is -2.07. The second kappa shape index (κ2) is 6.36.